The Hall–Kier alpha value is -3.10. The van der Waals surface area contributed by atoms with E-state index < -0.39 is 0 Å². The van der Waals surface area contributed by atoms with Crippen LogP contribution in [0.25, 0.3) is 0 Å². The maximum atomic E-state index is 12.6. The van der Waals surface area contributed by atoms with Gasteiger partial charge in [0.05, 0.1) is 6.54 Å². The molecule has 2 N–H and O–H groups in total. The lowest BCUT2D eigenvalue weighted by Crippen LogP contribution is -2.49. The van der Waals surface area contributed by atoms with Crippen LogP contribution in [0.1, 0.15) is 26.1 Å². The molecule has 0 saturated carbocycles. The number of nitrogens with one attached hydrogen (secondary N) is 2. The van der Waals surface area contributed by atoms with Crippen LogP contribution in [0.2, 0.25) is 0 Å². The minimum Gasteiger partial charge on any atom is -0.368 e. The molecule has 1 aliphatic rings. The third kappa shape index (κ3) is 6.70. The topological polar surface area (TPSA) is 90.7 Å². The number of guanidine groups is 1. The summed E-state index contributed by atoms with van der Waals surface area (Å²) in [6.45, 7) is 10.1. The number of benzene rings is 1. The van der Waals surface area contributed by atoms with Crippen LogP contribution in [0.5, 0.6) is 0 Å². The molecule has 1 saturated heterocycles. The van der Waals surface area contributed by atoms with Gasteiger partial charge in [-0.25, -0.2) is 0 Å². The predicted octanol–water partition coefficient (Wildman–Crippen LogP) is 1.13. The number of rotatable bonds is 9. The van der Waals surface area contributed by atoms with Crippen LogP contribution >= 0.6 is 0 Å². The lowest BCUT2D eigenvalue weighted by atomic mass is 10.2. The zero-order valence-corrected chi connectivity index (χ0v) is 18.6. The number of amides is 1. The number of hydrogen-bond acceptors (Lipinski definition) is 5. The van der Waals surface area contributed by atoms with Crippen molar-refractivity contribution in [2.45, 2.75) is 33.2 Å². The van der Waals surface area contributed by atoms with E-state index >= 15 is 0 Å². The molecule has 9 nitrogen and oxygen atoms in total. The summed E-state index contributed by atoms with van der Waals surface area (Å²) in [5.74, 6) is 1.88. The van der Waals surface area contributed by atoms with E-state index in [1.807, 2.05) is 22.5 Å². The highest BCUT2D eigenvalue weighted by Gasteiger charge is 2.20. The van der Waals surface area contributed by atoms with Gasteiger partial charge in [0.1, 0.15) is 12.2 Å². The molecule has 0 spiro atoms. The largest absolute Gasteiger partial charge is 0.368 e. The van der Waals surface area contributed by atoms with E-state index in [9.17, 15) is 4.79 Å². The van der Waals surface area contributed by atoms with Crippen LogP contribution in [-0.2, 0) is 17.8 Å². The highest BCUT2D eigenvalue weighted by molar-refractivity contribution is 5.81. The molecule has 0 unspecified atom stereocenters. The number of aliphatic imine (C=N–C) groups is 1. The Bertz CT molecular complexity index is 827. The molecule has 168 valence electrons. The minimum absolute atomic E-state index is 0.171. The predicted molar refractivity (Wildman–Crippen MR) is 123 cm³/mol. The van der Waals surface area contributed by atoms with Gasteiger partial charge in [0, 0.05) is 64.3 Å². The van der Waals surface area contributed by atoms with Crippen molar-refractivity contribution in [2.24, 2.45) is 4.99 Å². The Labute approximate surface area is 184 Å². The molecule has 0 bridgehead atoms. The van der Waals surface area contributed by atoms with Crippen molar-refractivity contribution < 1.29 is 4.79 Å². The number of aromatic nitrogens is 3. The average molecular weight is 427 g/mol. The first-order valence-corrected chi connectivity index (χ1v) is 11.2. The van der Waals surface area contributed by atoms with Crippen LogP contribution in [0, 0.1) is 0 Å². The van der Waals surface area contributed by atoms with Gasteiger partial charge in [-0.1, -0.05) is 25.1 Å². The zero-order valence-electron chi connectivity index (χ0n) is 18.6. The van der Waals surface area contributed by atoms with Crippen molar-refractivity contribution in [3.63, 3.8) is 0 Å². The second kappa shape index (κ2) is 11.9. The summed E-state index contributed by atoms with van der Waals surface area (Å²) in [5, 5.41) is 14.6. The fourth-order valence-corrected chi connectivity index (χ4v) is 3.65. The second-order valence-electron chi connectivity index (χ2n) is 7.43. The van der Waals surface area contributed by atoms with E-state index in [0.717, 1.165) is 57.5 Å². The number of piperazine rings is 1. The summed E-state index contributed by atoms with van der Waals surface area (Å²) in [7, 11) is 0. The van der Waals surface area contributed by atoms with Crippen molar-refractivity contribution in [2.75, 3.05) is 50.7 Å². The Morgan fingerprint density at radius 1 is 1.10 bits per heavy atom. The third-order valence-electron chi connectivity index (χ3n) is 5.35. The van der Waals surface area contributed by atoms with Gasteiger partial charge >= 0.3 is 0 Å². The number of carbonyl (C=O) groups is 1. The molecule has 1 amide bonds. The van der Waals surface area contributed by atoms with Crippen LogP contribution in [0.15, 0.2) is 41.7 Å². The number of hydrogen-bond donors (Lipinski definition) is 2. The first kappa shape index (κ1) is 22.6. The third-order valence-corrected chi connectivity index (χ3v) is 5.35. The standard InChI is InChI=1S/C22H34N8O/c1-3-20-27-26-18-30(20)13-12-25-22(23-4-2)24-11-10-21(31)29-16-14-28(15-17-29)19-8-6-5-7-9-19/h5-9,18H,3-4,10-17H2,1-2H3,(H2,23,24,25). The Morgan fingerprint density at radius 2 is 1.87 bits per heavy atom. The zero-order chi connectivity index (χ0) is 21.9. The summed E-state index contributed by atoms with van der Waals surface area (Å²) < 4.78 is 2.04. The number of carbonyl (C=O) groups excluding carboxylic acids is 1. The number of nitrogens with zero attached hydrogens (tertiary/aromatic N) is 6. The van der Waals surface area contributed by atoms with Crippen LogP contribution in [0.3, 0.4) is 0 Å². The van der Waals surface area contributed by atoms with Crippen molar-refractivity contribution in [3.8, 4) is 0 Å². The molecule has 31 heavy (non-hydrogen) atoms. The summed E-state index contributed by atoms with van der Waals surface area (Å²) >= 11 is 0. The lowest BCUT2D eigenvalue weighted by molar-refractivity contribution is -0.131. The molecule has 2 heterocycles. The lowest BCUT2D eigenvalue weighted by Gasteiger charge is -2.36. The minimum atomic E-state index is 0.171. The molecular formula is C22H34N8O. The molecule has 2 aromatic rings. The van der Waals surface area contributed by atoms with Gasteiger partial charge in [-0.3, -0.25) is 9.79 Å². The molecule has 0 atom stereocenters. The first-order chi connectivity index (χ1) is 15.2. The molecule has 1 aromatic carbocycles. The van der Waals surface area contributed by atoms with E-state index in [2.05, 4.69) is 61.9 Å². The van der Waals surface area contributed by atoms with Gasteiger partial charge in [-0.15, -0.1) is 10.2 Å². The quantitative estimate of drug-likeness (QED) is 0.462. The van der Waals surface area contributed by atoms with Crippen molar-refractivity contribution in [1.82, 2.24) is 30.3 Å². The number of anilines is 1. The molecule has 9 heteroatoms. The van der Waals surface area contributed by atoms with E-state index in [4.69, 9.17) is 0 Å². The monoisotopic (exact) mass is 426 g/mol. The highest BCUT2D eigenvalue weighted by atomic mass is 16.2. The number of aryl methyl sites for hydroxylation is 1. The molecule has 0 radical (unpaired) electrons. The maximum Gasteiger partial charge on any atom is 0.224 e. The fraction of sp³-hybridized carbons (Fsp3) is 0.545. The van der Waals surface area contributed by atoms with Crippen molar-refractivity contribution in [3.05, 3.63) is 42.5 Å². The molecule has 3 rings (SSSR count). The molecule has 1 fully saturated rings. The van der Waals surface area contributed by atoms with E-state index in [1.165, 1.54) is 5.69 Å². The summed E-state index contributed by atoms with van der Waals surface area (Å²) in [5.41, 5.74) is 1.22. The van der Waals surface area contributed by atoms with Gasteiger partial charge < -0.3 is 25.0 Å². The second-order valence-corrected chi connectivity index (χ2v) is 7.43. The smallest absolute Gasteiger partial charge is 0.224 e. The van der Waals surface area contributed by atoms with Gasteiger partial charge in [-0.2, -0.15) is 0 Å². The average Bonchev–Trinajstić information content (AvgIpc) is 3.27. The highest BCUT2D eigenvalue weighted by Crippen LogP contribution is 2.15. The Kier molecular flexibility index (Phi) is 8.69. The Balaban J connectivity index is 1.40. The van der Waals surface area contributed by atoms with Crippen LogP contribution < -0.4 is 15.5 Å². The fourth-order valence-electron chi connectivity index (χ4n) is 3.65. The molecule has 1 aliphatic heterocycles. The van der Waals surface area contributed by atoms with Gasteiger partial charge in [0.25, 0.3) is 0 Å². The van der Waals surface area contributed by atoms with Crippen molar-refractivity contribution >= 4 is 17.6 Å². The Morgan fingerprint density at radius 3 is 2.58 bits per heavy atom. The van der Waals surface area contributed by atoms with E-state index in [1.54, 1.807) is 6.33 Å². The van der Waals surface area contributed by atoms with Crippen LogP contribution in [0.4, 0.5) is 5.69 Å². The number of para-hydroxylation sites is 1. The van der Waals surface area contributed by atoms with Gasteiger partial charge in [0.2, 0.25) is 5.91 Å². The summed E-state index contributed by atoms with van der Waals surface area (Å²) in [6.07, 6.45) is 3.03. The van der Waals surface area contributed by atoms with E-state index in [-0.39, 0.29) is 5.91 Å². The van der Waals surface area contributed by atoms with Crippen molar-refractivity contribution in [1.29, 1.82) is 0 Å². The first-order valence-electron chi connectivity index (χ1n) is 11.2. The van der Waals surface area contributed by atoms with Crippen LogP contribution in [-0.4, -0.2) is 77.3 Å². The normalized spacial score (nSPS) is 14.6. The SMILES string of the molecule is CCNC(=NCCC(=O)N1CCN(c2ccccc2)CC1)NCCn1cnnc1CC. The summed E-state index contributed by atoms with van der Waals surface area (Å²) in [4.78, 5) is 21.4. The van der Waals surface area contributed by atoms with Gasteiger partial charge in [-0.05, 0) is 19.1 Å². The maximum absolute atomic E-state index is 12.6. The summed E-state index contributed by atoms with van der Waals surface area (Å²) in [6, 6.07) is 10.4. The molecule has 1 aromatic heterocycles. The molecule has 0 aliphatic carbocycles. The molecular weight excluding hydrogens is 392 g/mol. The van der Waals surface area contributed by atoms with Gasteiger partial charge in [0.15, 0.2) is 5.96 Å². The van der Waals surface area contributed by atoms with E-state index in [0.29, 0.717) is 19.5 Å².